The van der Waals surface area contributed by atoms with Crippen molar-refractivity contribution in [2.45, 2.75) is 6.61 Å². The number of aromatic nitrogens is 3. The fraction of sp³-hybridized carbons (Fsp3) is 0.0400. The second-order valence-corrected chi connectivity index (χ2v) is 7.10. The standard InChI is InChI=1S/C25H19FN4O/c26-19-11-9-18(10-12-19)23-14-22-24(27-16-28-25(22)30-23)29-20-7-4-8-21(13-20)31-15-17-5-2-1-3-6-17/h1-14,16H,15H2,(H2,27,28,29,30). The molecular formula is C25H19FN4O. The predicted molar refractivity (Wildman–Crippen MR) is 120 cm³/mol. The van der Waals surface area contributed by atoms with Crippen molar-refractivity contribution in [3.8, 4) is 17.0 Å². The molecule has 0 saturated heterocycles. The molecule has 0 aliphatic rings. The number of hydrogen-bond donors (Lipinski definition) is 2. The molecule has 0 aliphatic heterocycles. The molecule has 0 amide bonds. The number of hydrogen-bond acceptors (Lipinski definition) is 4. The van der Waals surface area contributed by atoms with Crippen molar-refractivity contribution in [2.75, 3.05) is 5.32 Å². The van der Waals surface area contributed by atoms with Gasteiger partial charge in [0.2, 0.25) is 0 Å². The highest BCUT2D eigenvalue weighted by Crippen LogP contribution is 2.29. The monoisotopic (exact) mass is 410 g/mol. The van der Waals surface area contributed by atoms with Crippen molar-refractivity contribution in [3.63, 3.8) is 0 Å². The lowest BCUT2D eigenvalue weighted by molar-refractivity contribution is 0.306. The number of aromatic amines is 1. The smallest absolute Gasteiger partial charge is 0.143 e. The third-order valence-electron chi connectivity index (χ3n) is 4.93. The molecule has 0 spiro atoms. The van der Waals surface area contributed by atoms with Crippen LogP contribution >= 0.6 is 0 Å². The molecule has 3 aromatic carbocycles. The summed E-state index contributed by atoms with van der Waals surface area (Å²) >= 11 is 0. The lowest BCUT2D eigenvalue weighted by atomic mass is 10.1. The lowest BCUT2D eigenvalue weighted by Crippen LogP contribution is -1.97. The summed E-state index contributed by atoms with van der Waals surface area (Å²) < 4.78 is 19.2. The molecule has 2 heterocycles. The molecule has 5 aromatic rings. The molecule has 0 atom stereocenters. The van der Waals surface area contributed by atoms with Crippen LogP contribution in [0, 0.1) is 5.82 Å². The summed E-state index contributed by atoms with van der Waals surface area (Å²) in [6.45, 7) is 0.501. The van der Waals surface area contributed by atoms with Crippen LogP contribution in [-0.4, -0.2) is 15.0 Å². The average molecular weight is 410 g/mol. The third kappa shape index (κ3) is 4.23. The largest absolute Gasteiger partial charge is 0.489 e. The first-order chi connectivity index (χ1) is 15.2. The molecule has 152 valence electrons. The van der Waals surface area contributed by atoms with E-state index >= 15 is 0 Å². The average Bonchev–Trinajstić information content (AvgIpc) is 3.25. The minimum Gasteiger partial charge on any atom is -0.489 e. The van der Waals surface area contributed by atoms with E-state index in [9.17, 15) is 4.39 Å². The van der Waals surface area contributed by atoms with Gasteiger partial charge in [-0.05, 0) is 53.6 Å². The topological polar surface area (TPSA) is 62.8 Å². The van der Waals surface area contributed by atoms with Crippen LogP contribution in [0.15, 0.2) is 91.3 Å². The second kappa shape index (κ2) is 8.28. The van der Waals surface area contributed by atoms with Gasteiger partial charge in [-0.1, -0.05) is 36.4 Å². The first kappa shape index (κ1) is 18.8. The number of anilines is 2. The van der Waals surface area contributed by atoms with Crippen LogP contribution < -0.4 is 10.1 Å². The van der Waals surface area contributed by atoms with E-state index in [1.54, 1.807) is 12.1 Å². The highest BCUT2D eigenvalue weighted by atomic mass is 19.1. The summed E-state index contributed by atoms with van der Waals surface area (Å²) in [4.78, 5) is 12.0. The summed E-state index contributed by atoms with van der Waals surface area (Å²) in [7, 11) is 0. The van der Waals surface area contributed by atoms with E-state index < -0.39 is 0 Å². The minimum atomic E-state index is -0.267. The SMILES string of the molecule is Fc1ccc(-c2cc3c(Nc4cccc(OCc5ccccc5)c4)ncnc3[nH]2)cc1. The quantitative estimate of drug-likeness (QED) is 0.356. The van der Waals surface area contributed by atoms with Crippen molar-refractivity contribution in [3.05, 3.63) is 103 Å². The summed E-state index contributed by atoms with van der Waals surface area (Å²) in [5.41, 5.74) is 4.39. The van der Waals surface area contributed by atoms with Gasteiger partial charge in [-0.15, -0.1) is 0 Å². The van der Waals surface area contributed by atoms with E-state index in [1.165, 1.54) is 18.5 Å². The Bertz CT molecular complexity index is 1320. The van der Waals surface area contributed by atoms with E-state index in [0.29, 0.717) is 18.1 Å². The van der Waals surface area contributed by atoms with Gasteiger partial charge in [0.05, 0.1) is 5.39 Å². The van der Waals surface area contributed by atoms with E-state index in [1.807, 2.05) is 60.7 Å². The Labute approximate surface area is 178 Å². The van der Waals surface area contributed by atoms with Crippen LogP contribution in [0.5, 0.6) is 5.75 Å². The Morgan fingerprint density at radius 1 is 0.871 bits per heavy atom. The Hall–Kier alpha value is -4.19. The van der Waals surface area contributed by atoms with Crippen LogP contribution in [0.2, 0.25) is 0 Å². The van der Waals surface area contributed by atoms with Crippen molar-refractivity contribution in [1.82, 2.24) is 15.0 Å². The van der Waals surface area contributed by atoms with Crippen molar-refractivity contribution in [2.24, 2.45) is 0 Å². The Morgan fingerprint density at radius 3 is 2.55 bits per heavy atom. The van der Waals surface area contributed by atoms with Gasteiger partial charge in [0.25, 0.3) is 0 Å². The number of nitrogens with one attached hydrogen (secondary N) is 2. The van der Waals surface area contributed by atoms with E-state index in [4.69, 9.17) is 4.74 Å². The minimum absolute atomic E-state index is 0.267. The van der Waals surface area contributed by atoms with Crippen LogP contribution in [0.3, 0.4) is 0 Å². The van der Waals surface area contributed by atoms with Gasteiger partial charge in [0.15, 0.2) is 0 Å². The molecular weight excluding hydrogens is 391 g/mol. The molecule has 0 aliphatic carbocycles. The zero-order chi connectivity index (χ0) is 21.0. The van der Waals surface area contributed by atoms with Gasteiger partial charge in [0.1, 0.15) is 36.0 Å². The second-order valence-electron chi connectivity index (χ2n) is 7.10. The van der Waals surface area contributed by atoms with Crippen LogP contribution in [0.1, 0.15) is 5.56 Å². The number of H-pyrrole nitrogens is 1. The molecule has 0 radical (unpaired) electrons. The van der Waals surface area contributed by atoms with Gasteiger partial charge in [-0.3, -0.25) is 0 Å². The third-order valence-corrected chi connectivity index (χ3v) is 4.93. The molecule has 6 heteroatoms. The molecule has 31 heavy (non-hydrogen) atoms. The van der Waals surface area contributed by atoms with Crippen LogP contribution in [-0.2, 0) is 6.61 Å². The van der Waals surface area contributed by atoms with Gasteiger partial charge < -0.3 is 15.0 Å². The molecule has 5 nitrogen and oxygen atoms in total. The fourth-order valence-electron chi connectivity index (χ4n) is 3.37. The van der Waals surface area contributed by atoms with Gasteiger partial charge >= 0.3 is 0 Å². The van der Waals surface area contributed by atoms with Crippen LogP contribution in [0.25, 0.3) is 22.3 Å². The lowest BCUT2D eigenvalue weighted by Gasteiger charge is -2.10. The Kier molecular flexibility index (Phi) is 5.02. The highest BCUT2D eigenvalue weighted by molar-refractivity contribution is 5.92. The summed E-state index contributed by atoms with van der Waals surface area (Å²) in [6.07, 6.45) is 1.51. The molecule has 0 saturated carbocycles. The maximum Gasteiger partial charge on any atom is 0.143 e. The van der Waals surface area contributed by atoms with E-state index in [2.05, 4.69) is 20.3 Å². The Morgan fingerprint density at radius 2 is 1.71 bits per heavy atom. The van der Waals surface area contributed by atoms with E-state index in [-0.39, 0.29) is 5.82 Å². The molecule has 5 rings (SSSR count). The number of benzene rings is 3. The van der Waals surface area contributed by atoms with Gasteiger partial charge in [-0.25, -0.2) is 14.4 Å². The zero-order valence-corrected chi connectivity index (χ0v) is 16.5. The molecule has 0 bridgehead atoms. The number of fused-ring (bicyclic) bond motifs is 1. The van der Waals surface area contributed by atoms with Gasteiger partial charge in [-0.2, -0.15) is 0 Å². The number of nitrogens with zero attached hydrogens (tertiary/aromatic N) is 2. The summed E-state index contributed by atoms with van der Waals surface area (Å²) in [5.74, 6) is 1.17. The number of ether oxygens (including phenoxy) is 1. The number of halogens is 1. The Balaban J connectivity index is 1.38. The summed E-state index contributed by atoms with van der Waals surface area (Å²) in [5, 5.41) is 4.19. The fourth-order valence-corrected chi connectivity index (χ4v) is 3.37. The highest BCUT2D eigenvalue weighted by Gasteiger charge is 2.10. The normalized spacial score (nSPS) is 10.9. The molecule has 0 unspecified atom stereocenters. The van der Waals surface area contributed by atoms with Crippen molar-refractivity contribution < 1.29 is 9.13 Å². The van der Waals surface area contributed by atoms with Gasteiger partial charge in [0, 0.05) is 17.4 Å². The maximum absolute atomic E-state index is 13.2. The zero-order valence-electron chi connectivity index (χ0n) is 16.5. The van der Waals surface area contributed by atoms with E-state index in [0.717, 1.165) is 33.6 Å². The molecule has 0 fully saturated rings. The van der Waals surface area contributed by atoms with Crippen LogP contribution in [0.4, 0.5) is 15.9 Å². The molecule has 2 aromatic heterocycles. The maximum atomic E-state index is 13.2. The first-order valence-corrected chi connectivity index (χ1v) is 9.88. The molecule has 2 N–H and O–H groups in total. The van der Waals surface area contributed by atoms with Crippen molar-refractivity contribution >= 4 is 22.5 Å². The predicted octanol–water partition coefficient (Wildman–Crippen LogP) is 6.09. The van der Waals surface area contributed by atoms with Crippen molar-refractivity contribution in [1.29, 1.82) is 0 Å². The number of rotatable bonds is 6. The summed E-state index contributed by atoms with van der Waals surface area (Å²) in [6, 6.07) is 26.1. The first-order valence-electron chi connectivity index (χ1n) is 9.88.